The van der Waals surface area contributed by atoms with Crippen molar-refractivity contribution < 1.29 is 24.2 Å². The van der Waals surface area contributed by atoms with Crippen molar-refractivity contribution in [1.82, 2.24) is 19.5 Å². The second kappa shape index (κ2) is 11.5. The van der Waals surface area contributed by atoms with Gasteiger partial charge in [-0.1, -0.05) is 60.3 Å². The lowest BCUT2D eigenvalue weighted by Gasteiger charge is -2.19. The van der Waals surface area contributed by atoms with Crippen LogP contribution in [0.3, 0.4) is 0 Å². The Morgan fingerprint density at radius 2 is 1.67 bits per heavy atom. The minimum atomic E-state index is -1.05. The average Bonchev–Trinajstić information content (AvgIpc) is 3.35. The molecule has 0 spiro atoms. The van der Waals surface area contributed by atoms with Crippen molar-refractivity contribution >= 4 is 39.8 Å². The zero-order valence-electron chi connectivity index (χ0n) is 19.5. The van der Waals surface area contributed by atoms with Crippen molar-refractivity contribution in [3.05, 3.63) is 96.0 Å². The predicted octanol–water partition coefficient (Wildman–Crippen LogP) is 4.21. The number of aliphatic hydroxyl groups excluding tert-OH is 1. The second-order valence-corrected chi connectivity index (χ2v) is 8.36. The molecule has 0 aliphatic carbocycles. The van der Waals surface area contributed by atoms with Gasteiger partial charge < -0.3 is 19.9 Å². The number of nitrogens with one attached hydrogen (secondary N) is 1. The fourth-order valence-corrected chi connectivity index (χ4v) is 4.24. The number of imidazole rings is 1. The number of nitrogens with zero attached hydrogens (tertiary/aromatic N) is 4. The number of amides is 1. The fraction of sp³-hybridized carbons (Fsp3) is 0.160. The van der Waals surface area contributed by atoms with Gasteiger partial charge >= 0.3 is 0 Å². The Morgan fingerprint density at radius 1 is 1.00 bits per heavy atom. The molecule has 0 bridgehead atoms. The SMILES string of the molecule is CO/C(CSC(=O)c1ccccc1)=C(\O)[C@H](OC)n1cnc2c(NC(=O)c3ccccc3)ncnc21. The molecule has 0 unspecified atom stereocenters. The van der Waals surface area contributed by atoms with Crippen LogP contribution in [0.15, 0.2) is 84.8 Å². The number of aromatic nitrogens is 4. The van der Waals surface area contributed by atoms with Crippen molar-refractivity contribution in [2.45, 2.75) is 6.23 Å². The number of aliphatic hydroxyl groups is 1. The zero-order valence-corrected chi connectivity index (χ0v) is 20.3. The van der Waals surface area contributed by atoms with Gasteiger partial charge in [-0.05, 0) is 12.1 Å². The summed E-state index contributed by atoms with van der Waals surface area (Å²) in [6, 6.07) is 17.5. The molecule has 2 heterocycles. The highest BCUT2D eigenvalue weighted by Gasteiger charge is 2.25. The first-order valence-corrected chi connectivity index (χ1v) is 11.8. The number of thioether (sulfide) groups is 1. The molecule has 2 aromatic carbocycles. The Kier molecular flexibility index (Phi) is 7.93. The summed E-state index contributed by atoms with van der Waals surface area (Å²) in [5, 5.41) is 13.6. The van der Waals surface area contributed by atoms with E-state index < -0.39 is 6.23 Å². The Bertz CT molecular complexity index is 1390. The molecule has 0 radical (unpaired) electrons. The van der Waals surface area contributed by atoms with Crippen molar-refractivity contribution in [3.8, 4) is 0 Å². The van der Waals surface area contributed by atoms with E-state index in [2.05, 4.69) is 20.3 Å². The lowest BCUT2D eigenvalue weighted by Crippen LogP contribution is -2.17. The first-order chi connectivity index (χ1) is 17.5. The van der Waals surface area contributed by atoms with Crippen LogP contribution in [0.4, 0.5) is 5.82 Å². The number of carbonyl (C=O) groups is 2. The third-order valence-corrected chi connectivity index (χ3v) is 6.12. The van der Waals surface area contributed by atoms with E-state index >= 15 is 0 Å². The molecule has 4 rings (SSSR count). The highest BCUT2D eigenvalue weighted by molar-refractivity contribution is 8.14. The van der Waals surface area contributed by atoms with Crippen LogP contribution in [0.1, 0.15) is 26.9 Å². The van der Waals surface area contributed by atoms with Crippen LogP contribution < -0.4 is 5.32 Å². The number of methoxy groups -OCH3 is 2. The Balaban J connectivity index is 1.58. The normalized spacial score (nSPS) is 12.6. The van der Waals surface area contributed by atoms with Crippen LogP contribution in [0.25, 0.3) is 11.2 Å². The number of carbonyl (C=O) groups excluding carboxylic acids is 2. The number of hydrogen-bond donors (Lipinski definition) is 2. The molecule has 0 saturated heterocycles. The molecule has 36 heavy (non-hydrogen) atoms. The molecule has 2 N–H and O–H groups in total. The van der Waals surface area contributed by atoms with Gasteiger partial charge in [0.15, 0.2) is 29.0 Å². The summed E-state index contributed by atoms with van der Waals surface area (Å²) >= 11 is 0.991. The lowest BCUT2D eigenvalue weighted by atomic mass is 10.2. The lowest BCUT2D eigenvalue weighted by molar-refractivity contribution is 0.0340. The smallest absolute Gasteiger partial charge is 0.256 e. The monoisotopic (exact) mass is 505 g/mol. The molecule has 11 heteroatoms. The summed E-state index contributed by atoms with van der Waals surface area (Å²) in [6.07, 6.45) is 1.64. The number of fused-ring (bicyclic) bond motifs is 1. The molecule has 4 aromatic rings. The quantitative estimate of drug-likeness (QED) is 0.321. The van der Waals surface area contributed by atoms with E-state index in [-0.39, 0.29) is 34.1 Å². The van der Waals surface area contributed by atoms with Crippen LogP contribution >= 0.6 is 11.8 Å². The minimum Gasteiger partial charge on any atom is -0.505 e. The largest absolute Gasteiger partial charge is 0.505 e. The van der Waals surface area contributed by atoms with E-state index in [1.165, 1.54) is 31.4 Å². The molecule has 1 atom stereocenters. The van der Waals surface area contributed by atoms with Crippen LogP contribution in [-0.4, -0.2) is 55.6 Å². The highest BCUT2D eigenvalue weighted by Crippen LogP contribution is 2.28. The fourth-order valence-electron chi connectivity index (χ4n) is 3.41. The van der Waals surface area contributed by atoms with Crippen molar-refractivity contribution in [2.75, 3.05) is 25.3 Å². The molecule has 10 nitrogen and oxygen atoms in total. The standard InChI is InChI=1S/C25H23N5O5S/c1-34-18(13-36-25(33)17-11-7-4-8-12-17)20(31)24(35-2)30-15-28-19-21(26-14-27-22(19)30)29-23(32)16-9-5-3-6-10-16/h3-12,14-15,24,31H,13H2,1-2H3,(H,26,27,29,32)/b20-18-/t24-/m0/s1. The van der Waals surface area contributed by atoms with Gasteiger partial charge in [-0.25, -0.2) is 15.0 Å². The molecule has 0 saturated carbocycles. The molecule has 0 aliphatic rings. The number of hydrogen-bond acceptors (Lipinski definition) is 9. The third kappa shape index (κ3) is 5.37. The summed E-state index contributed by atoms with van der Waals surface area (Å²) in [5.74, 6) is -0.152. The first kappa shape index (κ1) is 24.9. The van der Waals surface area contributed by atoms with Gasteiger partial charge in [0.05, 0.1) is 19.2 Å². The summed E-state index contributed by atoms with van der Waals surface area (Å²) in [4.78, 5) is 37.8. The number of ether oxygens (including phenoxy) is 2. The molecule has 0 aliphatic heterocycles. The van der Waals surface area contributed by atoms with Crippen LogP contribution in [0.2, 0.25) is 0 Å². The predicted molar refractivity (Wildman–Crippen MR) is 136 cm³/mol. The van der Waals surface area contributed by atoms with Crippen LogP contribution in [0.5, 0.6) is 0 Å². The first-order valence-electron chi connectivity index (χ1n) is 10.8. The van der Waals surface area contributed by atoms with Gasteiger partial charge in [0, 0.05) is 18.2 Å². The van der Waals surface area contributed by atoms with Gasteiger partial charge in [-0.3, -0.25) is 14.2 Å². The molecule has 0 fully saturated rings. The molecule has 184 valence electrons. The summed E-state index contributed by atoms with van der Waals surface area (Å²) < 4.78 is 12.4. The van der Waals surface area contributed by atoms with Gasteiger partial charge in [-0.2, -0.15) is 0 Å². The average molecular weight is 506 g/mol. The second-order valence-electron chi connectivity index (χ2n) is 7.41. The maximum atomic E-state index is 12.6. The van der Waals surface area contributed by atoms with Crippen LogP contribution in [0, 0.1) is 0 Å². The summed E-state index contributed by atoms with van der Waals surface area (Å²) in [5.41, 5.74) is 1.63. The Hall–Kier alpha value is -4.22. The van der Waals surface area contributed by atoms with Crippen molar-refractivity contribution in [3.63, 3.8) is 0 Å². The highest BCUT2D eigenvalue weighted by atomic mass is 32.2. The van der Waals surface area contributed by atoms with E-state index in [9.17, 15) is 14.7 Å². The Morgan fingerprint density at radius 3 is 2.31 bits per heavy atom. The van der Waals surface area contributed by atoms with E-state index in [1.807, 2.05) is 12.1 Å². The van der Waals surface area contributed by atoms with Gasteiger partial charge in [-0.15, -0.1) is 0 Å². The maximum Gasteiger partial charge on any atom is 0.256 e. The van der Waals surface area contributed by atoms with E-state index in [0.717, 1.165) is 11.8 Å². The third-order valence-electron chi connectivity index (χ3n) is 5.21. The van der Waals surface area contributed by atoms with Gasteiger partial charge in [0.2, 0.25) is 5.12 Å². The van der Waals surface area contributed by atoms with Gasteiger partial charge in [0.1, 0.15) is 12.1 Å². The molecular formula is C25H23N5O5S. The van der Waals surface area contributed by atoms with Crippen molar-refractivity contribution in [1.29, 1.82) is 0 Å². The molecule has 2 aromatic heterocycles. The van der Waals surface area contributed by atoms with E-state index in [0.29, 0.717) is 22.3 Å². The summed E-state index contributed by atoms with van der Waals surface area (Å²) in [7, 11) is 2.80. The maximum absolute atomic E-state index is 12.6. The summed E-state index contributed by atoms with van der Waals surface area (Å²) in [6.45, 7) is 0. The number of rotatable bonds is 9. The van der Waals surface area contributed by atoms with E-state index in [1.54, 1.807) is 48.5 Å². The van der Waals surface area contributed by atoms with E-state index in [4.69, 9.17) is 9.47 Å². The number of anilines is 1. The van der Waals surface area contributed by atoms with Crippen molar-refractivity contribution in [2.24, 2.45) is 0 Å². The number of benzene rings is 2. The Labute approximate surface area is 211 Å². The molecule has 1 amide bonds. The van der Waals surface area contributed by atoms with Gasteiger partial charge in [0.25, 0.3) is 5.91 Å². The topological polar surface area (TPSA) is 128 Å². The zero-order chi connectivity index (χ0) is 25.5. The minimum absolute atomic E-state index is 0.0793. The van der Waals surface area contributed by atoms with Crippen LogP contribution in [-0.2, 0) is 9.47 Å². The molecular weight excluding hydrogens is 482 g/mol.